The second-order valence-corrected chi connectivity index (χ2v) is 4.93. The average molecular weight is 254 g/mol. The molecule has 98 valence electrons. The third kappa shape index (κ3) is 2.61. The third-order valence-electron chi connectivity index (χ3n) is 3.55. The molecular formula is C16H18N2O. The van der Waals surface area contributed by atoms with Crippen molar-refractivity contribution in [1.29, 1.82) is 0 Å². The third-order valence-corrected chi connectivity index (χ3v) is 3.55. The molecule has 1 N–H and O–H groups in total. The summed E-state index contributed by atoms with van der Waals surface area (Å²) in [6.45, 7) is 3.72. The zero-order chi connectivity index (χ0) is 13.1. The molecule has 1 aliphatic heterocycles. The lowest BCUT2D eigenvalue weighted by Gasteiger charge is -2.28. The minimum Gasteiger partial charge on any atom is -0.493 e. The fourth-order valence-corrected chi connectivity index (χ4v) is 2.54. The Kier molecular flexibility index (Phi) is 3.47. The van der Waals surface area contributed by atoms with Crippen LogP contribution < -0.4 is 10.1 Å². The van der Waals surface area contributed by atoms with E-state index in [2.05, 4.69) is 41.5 Å². The number of aryl methyl sites for hydroxylation is 1. The fourth-order valence-electron chi connectivity index (χ4n) is 2.54. The highest BCUT2D eigenvalue weighted by atomic mass is 16.5. The Morgan fingerprint density at radius 2 is 2.26 bits per heavy atom. The molecule has 1 aromatic heterocycles. The number of nitrogens with zero attached hydrogens (tertiary/aromatic N) is 1. The normalized spacial score (nSPS) is 17.6. The molecule has 3 rings (SSSR count). The van der Waals surface area contributed by atoms with Gasteiger partial charge in [-0.05, 0) is 24.1 Å². The van der Waals surface area contributed by atoms with Crippen molar-refractivity contribution in [2.75, 3.05) is 6.61 Å². The van der Waals surface area contributed by atoms with E-state index in [1.165, 1.54) is 16.7 Å². The first-order valence-electron chi connectivity index (χ1n) is 6.69. The summed E-state index contributed by atoms with van der Waals surface area (Å²) < 4.78 is 5.78. The molecule has 3 nitrogen and oxygen atoms in total. The van der Waals surface area contributed by atoms with Gasteiger partial charge in [-0.15, -0.1) is 0 Å². The number of hydrogen-bond acceptors (Lipinski definition) is 3. The Hall–Kier alpha value is -1.87. The van der Waals surface area contributed by atoms with Crippen LogP contribution in [0.25, 0.3) is 0 Å². The predicted molar refractivity (Wildman–Crippen MR) is 75.1 cm³/mol. The van der Waals surface area contributed by atoms with E-state index in [0.29, 0.717) is 6.04 Å². The Balaban J connectivity index is 1.75. The lowest BCUT2D eigenvalue weighted by atomic mass is 9.98. The van der Waals surface area contributed by atoms with Crippen LogP contribution in [0.2, 0.25) is 0 Å². The molecular weight excluding hydrogens is 236 g/mol. The predicted octanol–water partition coefficient (Wildman–Crippen LogP) is 3.00. The monoisotopic (exact) mass is 254 g/mol. The van der Waals surface area contributed by atoms with E-state index in [-0.39, 0.29) is 0 Å². The number of hydrogen-bond donors (Lipinski definition) is 1. The maximum absolute atomic E-state index is 5.78. The van der Waals surface area contributed by atoms with Gasteiger partial charge in [-0.3, -0.25) is 4.98 Å². The van der Waals surface area contributed by atoms with Gasteiger partial charge >= 0.3 is 0 Å². The number of pyridine rings is 1. The summed E-state index contributed by atoms with van der Waals surface area (Å²) >= 11 is 0. The highest BCUT2D eigenvalue weighted by Gasteiger charge is 2.21. The van der Waals surface area contributed by atoms with Gasteiger partial charge in [-0.25, -0.2) is 0 Å². The van der Waals surface area contributed by atoms with Gasteiger partial charge in [0.05, 0.1) is 6.61 Å². The van der Waals surface area contributed by atoms with Crippen LogP contribution in [0.1, 0.15) is 29.2 Å². The van der Waals surface area contributed by atoms with Gasteiger partial charge in [0.15, 0.2) is 0 Å². The molecule has 0 saturated carbocycles. The van der Waals surface area contributed by atoms with Crippen molar-refractivity contribution in [3.05, 3.63) is 59.4 Å². The molecule has 1 unspecified atom stereocenters. The van der Waals surface area contributed by atoms with E-state index < -0.39 is 0 Å². The van der Waals surface area contributed by atoms with Crippen molar-refractivity contribution in [3.8, 4) is 5.75 Å². The van der Waals surface area contributed by atoms with E-state index in [4.69, 9.17) is 4.74 Å². The summed E-state index contributed by atoms with van der Waals surface area (Å²) in [6.07, 6.45) is 4.72. The van der Waals surface area contributed by atoms with Crippen molar-refractivity contribution in [2.45, 2.75) is 25.9 Å². The van der Waals surface area contributed by atoms with Gasteiger partial charge in [0.25, 0.3) is 0 Å². The largest absolute Gasteiger partial charge is 0.493 e. The minimum absolute atomic E-state index is 0.365. The maximum Gasteiger partial charge on any atom is 0.126 e. The van der Waals surface area contributed by atoms with Crippen LogP contribution >= 0.6 is 0 Å². The van der Waals surface area contributed by atoms with Crippen LogP contribution in [0.4, 0.5) is 0 Å². The van der Waals surface area contributed by atoms with Crippen LogP contribution in [0, 0.1) is 6.92 Å². The fraction of sp³-hybridized carbons (Fsp3) is 0.312. The number of rotatable bonds is 3. The molecule has 0 amide bonds. The minimum atomic E-state index is 0.365. The van der Waals surface area contributed by atoms with Gasteiger partial charge < -0.3 is 10.1 Å². The molecule has 19 heavy (non-hydrogen) atoms. The van der Waals surface area contributed by atoms with Crippen LogP contribution in [-0.4, -0.2) is 11.6 Å². The molecule has 0 aliphatic carbocycles. The number of aromatic nitrogens is 1. The number of ether oxygens (including phenoxy) is 1. The first-order valence-corrected chi connectivity index (χ1v) is 6.69. The van der Waals surface area contributed by atoms with Crippen LogP contribution in [0.5, 0.6) is 5.75 Å². The van der Waals surface area contributed by atoms with Crippen molar-refractivity contribution < 1.29 is 4.74 Å². The molecule has 1 atom stereocenters. The van der Waals surface area contributed by atoms with E-state index in [9.17, 15) is 0 Å². The van der Waals surface area contributed by atoms with Gasteiger partial charge in [-0.1, -0.05) is 24.3 Å². The van der Waals surface area contributed by atoms with Gasteiger partial charge in [-0.2, -0.15) is 0 Å². The zero-order valence-corrected chi connectivity index (χ0v) is 11.1. The number of para-hydroxylation sites is 1. The van der Waals surface area contributed by atoms with Crippen LogP contribution in [-0.2, 0) is 6.54 Å². The SMILES string of the molecule is Cc1cccc2c1OCCC2NCc1cccnc1. The van der Waals surface area contributed by atoms with Crippen LogP contribution in [0.3, 0.4) is 0 Å². The summed E-state index contributed by atoms with van der Waals surface area (Å²) in [4.78, 5) is 4.14. The molecule has 0 spiro atoms. The lowest BCUT2D eigenvalue weighted by molar-refractivity contribution is 0.250. The quantitative estimate of drug-likeness (QED) is 0.914. The molecule has 0 saturated heterocycles. The van der Waals surface area contributed by atoms with Crippen molar-refractivity contribution in [3.63, 3.8) is 0 Å². The highest BCUT2D eigenvalue weighted by Crippen LogP contribution is 2.34. The van der Waals surface area contributed by atoms with E-state index >= 15 is 0 Å². The zero-order valence-electron chi connectivity index (χ0n) is 11.1. The van der Waals surface area contributed by atoms with Crippen molar-refractivity contribution >= 4 is 0 Å². The summed E-state index contributed by atoms with van der Waals surface area (Å²) in [5, 5.41) is 3.60. The van der Waals surface area contributed by atoms with E-state index in [1.807, 2.05) is 12.3 Å². The second kappa shape index (κ2) is 5.41. The molecule has 1 aromatic carbocycles. The summed E-state index contributed by atoms with van der Waals surface area (Å²) in [7, 11) is 0. The highest BCUT2D eigenvalue weighted by molar-refractivity contribution is 5.43. The molecule has 0 radical (unpaired) electrons. The Morgan fingerprint density at radius 1 is 1.32 bits per heavy atom. The molecule has 2 aromatic rings. The second-order valence-electron chi connectivity index (χ2n) is 4.93. The van der Waals surface area contributed by atoms with Gasteiger partial charge in [0.1, 0.15) is 5.75 Å². The van der Waals surface area contributed by atoms with E-state index in [0.717, 1.165) is 25.3 Å². The van der Waals surface area contributed by atoms with Crippen molar-refractivity contribution in [2.24, 2.45) is 0 Å². The number of benzene rings is 1. The smallest absolute Gasteiger partial charge is 0.126 e. The lowest BCUT2D eigenvalue weighted by Crippen LogP contribution is -2.27. The molecule has 0 bridgehead atoms. The first kappa shape index (κ1) is 12.2. The first-order chi connectivity index (χ1) is 9.34. The summed E-state index contributed by atoms with van der Waals surface area (Å²) in [5.41, 5.74) is 3.70. The molecule has 0 fully saturated rings. The topological polar surface area (TPSA) is 34.1 Å². The van der Waals surface area contributed by atoms with Gasteiger partial charge in [0, 0.05) is 37.0 Å². The summed E-state index contributed by atoms with van der Waals surface area (Å²) in [5.74, 6) is 1.05. The van der Waals surface area contributed by atoms with Gasteiger partial charge in [0.2, 0.25) is 0 Å². The standard InChI is InChI=1S/C16H18N2O/c1-12-4-2-6-14-15(7-9-19-16(12)14)18-11-13-5-3-8-17-10-13/h2-6,8,10,15,18H,7,9,11H2,1H3. The van der Waals surface area contributed by atoms with E-state index in [1.54, 1.807) is 6.20 Å². The molecule has 2 heterocycles. The molecule has 1 aliphatic rings. The summed E-state index contributed by atoms with van der Waals surface area (Å²) in [6, 6.07) is 10.8. The maximum atomic E-state index is 5.78. The van der Waals surface area contributed by atoms with Crippen LogP contribution in [0.15, 0.2) is 42.7 Å². The molecule has 3 heteroatoms. The number of nitrogens with one attached hydrogen (secondary N) is 1. The Labute approximate surface area is 113 Å². The average Bonchev–Trinajstić information content (AvgIpc) is 2.47. The van der Waals surface area contributed by atoms with Crippen molar-refractivity contribution in [1.82, 2.24) is 10.3 Å². The Bertz CT molecular complexity index is 554. The Morgan fingerprint density at radius 3 is 3.11 bits per heavy atom. The number of fused-ring (bicyclic) bond motifs is 1.